The number of aromatic nitrogens is 2. The van der Waals surface area contributed by atoms with Gasteiger partial charge in [-0.3, -0.25) is 4.68 Å². The van der Waals surface area contributed by atoms with E-state index in [0.717, 1.165) is 17.4 Å². The molecule has 1 heterocycles. The predicted octanol–water partition coefficient (Wildman–Crippen LogP) is 1.98. The molecule has 1 aromatic rings. The van der Waals surface area contributed by atoms with E-state index in [2.05, 4.69) is 33.3 Å². The van der Waals surface area contributed by atoms with Crippen LogP contribution < -0.4 is 5.32 Å². The first-order valence-corrected chi connectivity index (χ1v) is 6.99. The Morgan fingerprint density at radius 2 is 2.22 bits per heavy atom. The Morgan fingerprint density at radius 1 is 1.44 bits per heavy atom. The summed E-state index contributed by atoms with van der Waals surface area (Å²) < 4.78 is 13.5. The van der Waals surface area contributed by atoms with Gasteiger partial charge in [-0.05, 0) is 36.3 Å². The molecule has 1 N–H and O–H groups in total. The van der Waals surface area contributed by atoms with Crippen molar-refractivity contribution in [3.8, 4) is 0 Å². The number of halogens is 1. The summed E-state index contributed by atoms with van der Waals surface area (Å²) in [6.45, 7) is 4.94. The van der Waals surface area contributed by atoms with Gasteiger partial charge in [0, 0.05) is 20.3 Å². The molecule has 0 spiro atoms. The van der Waals surface area contributed by atoms with Crippen LogP contribution in [0, 0.1) is 0 Å². The maximum atomic E-state index is 5.51. The standard InChI is InChI=1S/C12H22BrN3O2/c1-4-16-12(10(13)9-15-16)11(14-2)5-6-18-8-7-17-3/h9,11,14H,4-8H2,1-3H3. The fourth-order valence-corrected chi connectivity index (χ4v) is 2.41. The zero-order valence-corrected chi connectivity index (χ0v) is 12.9. The first-order chi connectivity index (χ1) is 8.74. The molecule has 1 atom stereocenters. The van der Waals surface area contributed by atoms with Crippen LogP contribution in [0.5, 0.6) is 0 Å². The van der Waals surface area contributed by atoms with Crippen molar-refractivity contribution in [2.45, 2.75) is 25.9 Å². The average Bonchev–Trinajstić information content (AvgIpc) is 2.75. The molecular formula is C12H22BrN3O2. The molecule has 18 heavy (non-hydrogen) atoms. The van der Waals surface area contributed by atoms with Crippen LogP contribution in [0.3, 0.4) is 0 Å². The van der Waals surface area contributed by atoms with Crippen molar-refractivity contribution in [2.24, 2.45) is 0 Å². The second-order valence-electron chi connectivity index (χ2n) is 3.93. The van der Waals surface area contributed by atoms with Gasteiger partial charge in [0.25, 0.3) is 0 Å². The third-order valence-corrected chi connectivity index (χ3v) is 3.40. The molecule has 0 aliphatic rings. The molecular weight excluding hydrogens is 298 g/mol. The van der Waals surface area contributed by atoms with Gasteiger partial charge in [-0.25, -0.2) is 0 Å². The van der Waals surface area contributed by atoms with Gasteiger partial charge >= 0.3 is 0 Å². The van der Waals surface area contributed by atoms with Crippen molar-refractivity contribution in [2.75, 3.05) is 34.0 Å². The molecule has 1 unspecified atom stereocenters. The minimum atomic E-state index is 0.240. The van der Waals surface area contributed by atoms with Gasteiger partial charge in [-0.1, -0.05) is 0 Å². The van der Waals surface area contributed by atoms with E-state index in [1.807, 2.05) is 17.9 Å². The monoisotopic (exact) mass is 319 g/mol. The highest BCUT2D eigenvalue weighted by molar-refractivity contribution is 9.10. The van der Waals surface area contributed by atoms with Crippen LogP contribution in [0.4, 0.5) is 0 Å². The van der Waals surface area contributed by atoms with Gasteiger partial charge in [0.15, 0.2) is 0 Å². The second kappa shape index (κ2) is 8.63. The molecule has 0 saturated carbocycles. The molecule has 5 nitrogen and oxygen atoms in total. The normalized spacial score (nSPS) is 12.9. The lowest BCUT2D eigenvalue weighted by molar-refractivity contribution is 0.0657. The molecule has 0 fully saturated rings. The van der Waals surface area contributed by atoms with Crippen molar-refractivity contribution < 1.29 is 9.47 Å². The molecule has 0 aliphatic carbocycles. The highest BCUT2D eigenvalue weighted by Gasteiger charge is 2.17. The summed E-state index contributed by atoms with van der Waals surface area (Å²) in [4.78, 5) is 0. The highest BCUT2D eigenvalue weighted by atomic mass is 79.9. The third-order valence-electron chi connectivity index (χ3n) is 2.79. The summed E-state index contributed by atoms with van der Waals surface area (Å²) >= 11 is 3.55. The number of hydrogen-bond acceptors (Lipinski definition) is 4. The maximum Gasteiger partial charge on any atom is 0.0700 e. The Balaban J connectivity index is 2.52. The minimum Gasteiger partial charge on any atom is -0.382 e. The molecule has 1 aromatic heterocycles. The van der Waals surface area contributed by atoms with Crippen LogP contribution in [0.25, 0.3) is 0 Å². The Labute approximate surface area is 117 Å². The van der Waals surface area contributed by atoms with Gasteiger partial charge in [0.2, 0.25) is 0 Å². The van der Waals surface area contributed by atoms with Crippen LogP contribution in [0.1, 0.15) is 25.1 Å². The molecule has 0 aromatic carbocycles. The van der Waals surface area contributed by atoms with Crippen LogP contribution >= 0.6 is 15.9 Å². The van der Waals surface area contributed by atoms with E-state index in [0.29, 0.717) is 19.8 Å². The van der Waals surface area contributed by atoms with E-state index < -0.39 is 0 Å². The lowest BCUT2D eigenvalue weighted by Gasteiger charge is -2.18. The van der Waals surface area contributed by atoms with E-state index in [4.69, 9.17) is 9.47 Å². The van der Waals surface area contributed by atoms with Crippen LogP contribution in [0.2, 0.25) is 0 Å². The lowest BCUT2D eigenvalue weighted by Crippen LogP contribution is -2.22. The summed E-state index contributed by atoms with van der Waals surface area (Å²) in [5.41, 5.74) is 1.18. The van der Waals surface area contributed by atoms with Crippen LogP contribution in [-0.4, -0.2) is 43.8 Å². The largest absolute Gasteiger partial charge is 0.382 e. The topological polar surface area (TPSA) is 48.3 Å². The van der Waals surface area contributed by atoms with Gasteiger partial charge in [0.1, 0.15) is 0 Å². The Hall–Kier alpha value is -0.430. The van der Waals surface area contributed by atoms with E-state index >= 15 is 0 Å². The van der Waals surface area contributed by atoms with E-state index in [1.54, 1.807) is 7.11 Å². The number of ether oxygens (including phenoxy) is 2. The number of rotatable bonds is 9. The Morgan fingerprint density at radius 3 is 2.83 bits per heavy atom. The van der Waals surface area contributed by atoms with Crippen molar-refractivity contribution in [3.05, 3.63) is 16.4 Å². The first-order valence-electron chi connectivity index (χ1n) is 6.19. The van der Waals surface area contributed by atoms with Crippen molar-refractivity contribution >= 4 is 15.9 Å². The first kappa shape index (κ1) is 15.6. The Kier molecular flexibility index (Phi) is 7.50. The van der Waals surface area contributed by atoms with Crippen molar-refractivity contribution in [3.63, 3.8) is 0 Å². The number of aryl methyl sites for hydroxylation is 1. The van der Waals surface area contributed by atoms with E-state index in [9.17, 15) is 0 Å². The predicted molar refractivity (Wildman–Crippen MR) is 74.7 cm³/mol. The van der Waals surface area contributed by atoms with E-state index in [1.165, 1.54) is 5.69 Å². The quantitative estimate of drug-likeness (QED) is 0.707. The van der Waals surface area contributed by atoms with Gasteiger partial charge in [-0.2, -0.15) is 5.10 Å². The molecule has 0 amide bonds. The molecule has 0 bridgehead atoms. The Bertz CT molecular complexity index is 344. The average molecular weight is 320 g/mol. The SMILES string of the molecule is CCn1ncc(Br)c1C(CCOCCOC)NC. The van der Waals surface area contributed by atoms with Crippen molar-refractivity contribution in [1.82, 2.24) is 15.1 Å². The van der Waals surface area contributed by atoms with E-state index in [-0.39, 0.29) is 6.04 Å². The lowest BCUT2D eigenvalue weighted by atomic mass is 10.1. The molecule has 0 aliphatic heterocycles. The summed E-state index contributed by atoms with van der Waals surface area (Å²) in [5, 5.41) is 7.64. The smallest absolute Gasteiger partial charge is 0.0700 e. The number of hydrogen-bond donors (Lipinski definition) is 1. The number of nitrogens with zero attached hydrogens (tertiary/aromatic N) is 2. The molecule has 0 saturated heterocycles. The van der Waals surface area contributed by atoms with Crippen LogP contribution in [-0.2, 0) is 16.0 Å². The zero-order chi connectivity index (χ0) is 13.4. The van der Waals surface area contributed by atoms with Crippen LogP contribution in [0.15, 0.2) is 10.7 Å². The summed E-state index contributed by atoms with van der Waals surface area (Å²) in [7, 11) is 3.63. The fraction of sp³-hybridized carbons (Fsp3) is 0.750. The molecule has 1 rings (SSSR count). The highest BCUT2D eigenvalue weighted by Crippen LogP contribution is 2.25. The minimum absolute atomic E-state index is 0.240. The van der Waals surface area contributed by atoms with Gasteiger partial charge < -0.3 is 14.8 Å². The van der Waals surface area contributed by atoms with Crippen molar-refractivity contribution in [1.29, 1.82) is 0 Å². The second-order valence-corrected chi connectivity index (χ2v) is 4.78. The summed E-state index contributed by atoms with van der Waals surface area (Å²) in [6.07, 6.45) is 2.75. The molecule has 0 radical (unpaired) electrons. The molecule has 6 heteroatoms. The number of nitrogens with one attached hydrogen (secondary N) is 1. The fourth-order valence-electron chi connectivity index (χ4n) is 1.83. The zero-order valence-electron chi connectivity index (χ0n) is 11.3. The summed E-state index contributed by atoms with van der Waals surface area (Å²) in [6, 6.07) is 0.240. The van der Waals surface area contributed by atoms with Gasteiger partial charge in [0.05, 0.1) is 35.6 Å². The number of methoxy groups -OCH3 is 1. The molecule has 104 valence electrons. The van der Waals surface area contributed by atoms with Gasteiger partial charge in [-0.15, -0.1) is 0 Å². The maximum absolute atomic E-state index is 5.51. The third kappa shape index (κ3) is 4.35. The summed E-state index contributed by atoms with van der Waals surface area (Å²) in [5.74, 6) is 0.